The third-order valence-corrected chi connectivity index (χ3v) is 5.24. The van der Waals surface area contributed by atoms with Gasteiger partial charge in [0, 0.05) is 32.4 Å². The van der Waals surface area contributed by atoms with Crippen molar-refractivity contribution in [2.45, 2.75) is 11.3 Å². The number of thioether (sulfide) groups is 1. The first-order valence-electron chi connectivity index (χ1n) is 8.04. The molecule has 1 amide bonds. The lowest BCUT2D eigenvalue weighted by molar-refractivity contribution is -0.137. The van der Waals surface area contributed by atoms with Gasteiger partial charge in [-0.3, -0.25) is 4.79 Å². The van der Waals surface area contributed by atoms with Crippen LogP contribution in [0.2, 0.25) is 10.0 Å². The van der Waals surface area contributed by atoms with Crippen molar-refractivity contribution in [2.75, 3.05) is 37.3 Å². The molecule has 0 N–H and O–H groups in total. The average Bonchev–Trinajstić information content (AvgIpc) is 2.67. The molecule has 0 unspecified atom stereocenters. The molecule has 1 aliphatic heterocycles. The van der Waals surface area contributed by atoms with Gasteiger partial charge in [-0.15, -0.1) is 0 Å². The van der Waals surface area contributed by atoms with Crippen molar-refractivity contribution in [1.29, 1.82) is 0 Å². The van der Waals surface area contributed by atoms with Gasteiger partial charge in [-0.2, -0.15) is 13.2 Å². The number of halogens is 5. The molecule has 0 radical (unpaired) electrons. The number of hydrogen-bond acceptors (Lipinski definition) is 6. The largest absolute Gasteiger partial charge is 0.417 e. The maximum Gasteiger partial charge on any atom is 0.417 e. The Labute approximate surface area is 173 Å². The Bertz CT molecular complexity index is 891. The summed E-state index contributed by atoms with van der Waals surface area (Å²) in [6, 6.07) is 0.853. The first-order valence-corrected chi connectivity index (χ1v) is 10.0. The van der Waals surface area contributed by atoms with Crippen LogP contribution in [0.4, 0.5) is 19.0 Å². The van der Waals surface area contributed by atoms with Gasteiger partial charge >= 0.3 is 6.18 Å². The van der Waals surface area contributed by atoms with E-state index in [1.165, 1.54) is 18.0 Å². The molecule has 0 spiro atoms. The summed E-state index contributed by atoms with van der Waals surface area (Å²) in [4.78, 5) is 28.1. The van der Waals surface area contributed by atoms with Gasteiger partial charge in [0.1, 0.15) is 5.82 Å². The number of carbonyl (C=O) groups is 1. The molecule has 1 saturated heterocycles. The minimum atomic E-state index is -4.51. The van der Waals surface area contributed by atoms with Crippen molar-refractivity contribution < 1.29 is 18.0 Å². The van der Waals surface area contributed by atoms with Crippen LogP contribution in [0.5, 0.6) is 0 Å². The normalized spacial score (nSPS) is 15.1. The number of aromatic nitrogens is 3. The summed E-state index contributed by atoms with van der Waals surface area (Å²) in [7, 11) is 0. The number of amides is 1. The molecule has 1 aliphatic rings. The minimum absolute atomic E-state index is 0.0851. The van der Waals surface area contributed by atoms with Crippen LogP contribution in [0.25, 0.3) is 0 Å². The Balaban J connectivity index is 1.70. The van der Waals surface area contributed by atoms with Gasteiger partial charge in [-0.1, -0.05) is 35.0 Å². The second kappa shape index (κ2) is 8.30. The van der Waals surface area contributed by atoms with E-state index in [1.807, 2.05) is 0 Å². The van der Waals surface area contributed by atoms with Gasteiger partial charge in [-0.05, 0) is 12.3 Å². The van der Waals surface area contributed by atoms with Crippen LogP contribution in [0.1, 0.15) is 16.1 Å². The summed E-state index contributed by atoms with van der Waals surface area (Å²) >= 11 is 13.3. The number of hydrogen-bond donors (Lipinski definition) is 0. The molecular formula is C16H14Cl2F3N5OS. The number of piperazine rings is 1. The molecule has 150 valence electrons. The van der Waals surface area contributed by atoms with E-state index in [0.717, 1.165) is 12.3 Å². The van der Waals surface area contributed by atoms with Crippen LogP contribution in [0, 0.1) is 0 Å². The van der Waals surface area contributed by atoms with Crippen LogP contribution >= 0.6 is 35.0 Å². The van der Waals surface area contributed by atoms with Crippen LogP contribution in [-0.4, -0.2) is 58.2 Å². The molecular weight excluding hydrogens is 438 g/mol. The van der Waals surface area contributed by atoms with E-state index < -0.39 is 11.7 Å². The molecule has 3 rings (SSSR count). The van der Waals surface area contributed by atoms with E-state index >= 15 is 0 Å². The summed E-state index contributed by atoms with van der Waals surface area (Å²) in [6.07, 6.45) is -0.580. The third kappa shape index (κ3) is 4.44. The predicted molar refractivity (Wildman–Crippen MR) is 101 cm³/mol. The molecule has 1 fully saturated rings. The van der Waals surface area contributed by atoms with Crippen LogP contribution < -0.4 is 4.90 Å². The summed E-state index contributed by atoms with van der Waals surface area (Å²) < 4.78 is 38.3. The standard InChI is InChI=1S/C16H14Cl2F3N5OS/c1-28-15-23-8-11(18)12(24-15)14(27)26-4-2-25(3-5-26)13-10(17)6-9(7-22-13)16(19,20)21/h6-8H,2-5H2,1H3. The summed E-state index contributed by atoms with van der Waals surface area (Å²) in [5.41, 5.74) is -0.779. The van der Waals surface area contributed by atoms with Crippen LogP contribution in [0.3, 0.4) is 0 Å². The van der Waals surface area contributed by atoms with E-state index in [-0.39, 0.29) is 27.5 Å². The van der Waals surface area contributed by atoms with Gasteiger partial charge in [0.15, 0.2) is 10.9 Å². The van der Waals surface area contributed by atoms with Gasteiger partial charge in [0.05, 0.1) is 21.8 Å². The molecule has 0 aliphatic carbocycles. The van der Waals surface area contributed by atoms with E-state index in [0.29, 0.717) is 31.3 Å². The number of alkyl halides is 3. The molecule has 2 aromatic rings. The van der Waals surface area contributed by atoms with Gasteiger partial charge in [0.2, 0.25) is 0 Å². The highest BCUT2D eigenvalue weighted by molar-refractivity contribution is 7.98. The third-order valence-electron chi connectivity index (χ3n) is 4.12. The van der Waals surface area contributed by atoms with E-state index in [1.54, 1.807) is 16.1 Å². The number of nitrogens with zero attached hydrogens (tertiary/aromatic N) is 5. The zero-order valence-electron chi connectivity index (χ0n) is 14.5. The Morgan fingerprint density at radius 3 is 2.36 bits per heavy atom. The number of carbonyl (C=O) groups excluding carboxylic acids is 1. The Kier molecular flexibility index (Phi) is 6.21. The minimum Gasteiger partial charge on any atom is -0.352 e. The van der Waals surface area contributed by atoms with Crippen molar-refractivity contribution in [2.24, 2.45) is 0 Å². The topological polar surface area (TPSA) is 62.2 Å². The first kappa shape index (κ1) is 20.9. The first-order chi connectivity index (χ1) is 13.2. The summed E-state index contributed by atoms with van der Waals surface area (Å²) in [5, 5.41) is 0.517. The molecule has 0 aromatic carbocycles. The number of rotatable bonds is 3. The van der Waals surface area contributed by atoms with Gasteiger partial charge < -0.3 is 9.80 Å². The fourth-order valence-electron chi connectivity index (χ4n) is 2.69. The Morgan fingerprint density at radius 2 is 1.79 bits per heavy atom. The zero-order chi connectivity index (χ0) is 20.5. The predicted octanol–water partition coefficient (Wildman–Crippen LogP) is 3.88. The summed E-state index contributed by atoms with van der Waals surface area (Å²) in [6.45, 7) is 1.38. The second-order valence-corrected chi connectivity index (χ2v) is 7.45. The molecule has 12 heteroatoms. The smallest absolute Gasteiger partial charge is 0.352 e. The van der Waals surface area contributed by atoms with Gasteiger partial charge in [-0.25, -0.2) is 15.0 Å². The fraction of sp³-hybridized carbons (Fsp3) is 0.375. The molecule has 0 bridgehead atoms. The monoisotopic (exact) mass is 451 g/mol. The Hall–Kier alpha value is -1.78. The van der Waals surface area contributed by atoms with Crippen molar-refractivity contribution in [3.63, 3.8) is 0 Å². The molecule has 0 saturated carbocycles. The zero-order valence-corrected chi connectivity index (χ0v) is 16.8. The molecule has 28 heavy (non-hydrogen) atoms. The van der Waals surface area contributed by atoms with Crippen molar-refractivity contribution in [3.05, 3.63) is 39.8 Å². The molecule has 3 heterocycles. The lowest BCUT2D eigenvalue weighted by Gasteiger charge is -2.35. The average molecular weight is 452 g/mol. The SMILES string of the molecule is CSc1ncc(Cl)c(C(=O)N2CCN(c3ncc(C(F)(F)F)cc3Cl)CC2)n1. The molecule has 0 atom stereocenters. The molecule has 6 nitrogen and oxygen atoms in total. The van der Waals surface area contributed by atoms with Gasteiger partial charge in [0.25, 0.3) is 5.91 Å². The van der Waals surface area contributed by atoms with Crippen molar-refractivity contribution in [1.82, 2.24) is 19.9 Å². The highest BCUT2D eigenvalue weighted by Gasteiger charge is 2.33. The van der Waals surface area contributed by atoms with Crippen LogP contribution in [0.15, 0.2) is 23.6 Å². The maximum absolute atomic E-state index is 12.8. The Morgan fingerprint density at radius 1 is 1.11 bits per heavy atom. The van der Waals surface area contributed by atoms with Crippen molar-refractivity contribution >= 4 is 46.7 Å². The lowest BCUT2D eigenvalue weighted by Crippen LogP contribution is -2.49. The van der Waals surface area contributed by atoms with Crippen LogP contribution in [-0.2, 0) is 6.18 Å². The fourth-order valence-corrected chi connectivity index (χ4v) is 3.49. The highest BCUT2D eigenvalue weighted by Crippen LogP contribution is 2.33. The lowest BCUT2D eigenvalue weighted by atomic mass is 10.2. The summed E-state index contributed by atoms with van der Waals surface area (Å²) in [5.74, 6) is -0.0691. The number of anilines is 1. The van der Waals surface area contributed by atoms with E-state index in [9.17, 15) is 18.0 Å². The second-order valence-electron chi connectivity index (χ2n) is 5.86. The van der Waals surface area contributed by atoms with E-state index in [4.69, 9.17) is 23.2 Å². The quantitative estimate of drug-likeness (QED) is 0.521. The molecule has 2 aromatic heterocycles. The highest BCUT2D eigenvalue weighted by atomic mass is 35.5. The number of pyridine rings is 1. The van der Waals surface area contributed by atoms with Crippen molar-refractivity contribution in [3.8, 4) is 0 Å². The maximum atomic E-state index is 12.8. The van der Waals surface area contributed by atoms with E-state index in [2.05, 4.69) is 15.0 Å².